The molecule has 0 radical (unpaired) electrons. The molecule has 0 aliphatic carbocycles. The maximum absolute atomic E-state index is 12.8. The number of ether oxygens (including phenoxy) is 1. The Labute approximate surface area is 294 Å². The van der Waals surface area contributed by atoms with Crippen LogP contribution in [-0.4, -0.2) is 73.3 Å². The molecule has 266 valence electrons. The molecule has 5 rings (SSSR count). The number of anilines is 3. The van der Waals surface area contributed by atoms with E-state index in [0.29, 0.717) is 43.0 Å². The minimum atomic E-state index is -0.531. The highest BCUT2D eigenvalue weighted by Gasteiger charge is 2.34. The van der Waals surface area contributed by atoms with Crippen LogP contribution in [0, 0.1) is 12.8 Å². The quantitative estimate of drug-likeness (QED) is 0.201. The fourth-order valence-electron chi connectivity index (χ4n) is 5.82. The number of hydrogen-bond acceptors (Lipinski definition) is 11. The van der Waals surface area contributed by atoms with Crippen molar-refractivity contribution in [3.8, 4) is 11.3 Å². The zero-order valence-corrected chi connectivity index (χ0v) is 30.7. The third-order valence-corrected chi connectivity index (χ3v) is 8.51. The standard InChI is InChI=1S/C37H49N9O4/c1-22(2)29-20-45(35(48)49-37(8,9)10)15-16-46(29)26-12-14-30(38-19-26)42-31-18-28(39-21-40-31)25-11-13-27(23(3)17-25)24(4)41-32(47)33-43-34(44-50-33)36(5,6)7/h11-14,17-19,21-22,24,29H,15-16,20H2,1-10H3,(H,41,47)(H,38,39,40,42)/t24-,29-/m1/s1. The van der Waals surface area contributed by atoms with Gasteiger partial charge in [-0.15, -0.1) is 0 Å². The summed E-state index contributed by atoms with van der Waals surface area (Å²) in [6.07, 6.45) is 3.10. The zero-order chi connectivity index (χ0) is 36.4. The molecule has 13 heteroatoms. The van der Waals surface area contributed by atoms with E-state index in [2.05, 4.69) is 54.5 Å². The molecule has 0 spiro atoms. The Bertz CT molecular complexity index is 1810. The van der Waals surface area contributed by atoms with E-state index in [9.17, 15) is 9.59 Å². The first kappa shape index (κ1) is 36.2. The Morgan fingerprint density at radius 2 is 1.72 bits per heavy atom. The average molecular weight is 684 g/mol. The van der Waals surface area contributed by atoms with Crippen LogP contribution in [0.25, 0.3) is 11.3 Å². The van der Waals surface area contributed by atoms with Gasteiger partial charge in [0.2, 0.25) is 0 Å². The molecule has 0 bridgehead atoms. The number of nitrogens with zero attached hydrogens (tertiary/aromatic N) is 7. The Hall–Kier alpha value is -5.07. The first-order valence-electron chi connectivity index (χ1n) is 17.0. The molecule has 0 unspecified atom stereocenters. The topological polar surface area (TPSA) is 152 Å². The van der Waals surface area contributed by atoms with Gasteiger partial charge in [0.05, 0.1) is 23.6 Å². The van der Waals surface area contributed by atoms with Gasteiger partial charge in [0.15, 0.2) is 5.82 Å². The second-order valence-corrected chi connectivity index (χ2v) is 15.2. The van der Waals surface area contributed by atoms with Crippen LogP contribution in [0.1, 0.15) is 96.0 Å². The number of nitrogens with one attached hydrogen (secondary N) is 2. The highest BCUT2D eigenvalue weighted by Crippen LogP contribution is 2.29. The summed E-state index contributed by atoms with van der Waals surface area (Å²) in [4.78, 5) is 47.5. The van der Waals surface area contributed by atoms with E-state index in [1.54, 1.807) is 4.90 Å². The van der Waals surface area contributed by atoms with Crippen LogP contribution >= 0.6 is 0 Å². The summed E-state index contributed by atoms with van der Waals surface area (Å²) in [6, 6.07) is 11.7. The van der Waals surface area contributed by atoms with Crippen LogP contribution in [0.3, 0.4) is 0 Å². The number of carbonyl (C=O) groups excluding carboxylic acids is 2. The van der Waals surface area contributed by atoms with Crippen molar-refractivity contribution in [2.45, 2.75) is 92.3 Å². The first-order valence-corrected chi connectivity index (χ1v) is 17.0. The summed E-state index contributed by atoms with van der Waals surface area (Å²) in [5, 5.41) is 10.2. The lowest BCUT2D eigenvalue weighted by Gasteiger charge is -2.44. The summed E-state index contributed by atoms with van der Waals surface area (Å²) >= 11 is 0. The zero-order valence-electron chi connectivity index (χ0n) is 30.7. The fraction of sp³-hybridized carbons (Fsp3) is 0.486. The van der Waals surface area contributed by atoms with E-state index in [0.717, 1.165) is 28.1 Å². The van der Waals surface area contributed by atoms with Crippen molar-refractivity contribution >= 4 is 29.3 Å². The smallest absolute Gasteiger partial charge is 0.410 e. The number of amides is 2. The molecule has 4 heterocycles. The molecule has 13 nitrogen and oxygen atoms in total. The number of hydrogen-bond donors (Lipinski definition) is 2. The van der Waals surface area contributed by atoms with Gasteiger partial charge < -0.3 is 29.7 Å². The average Bonchev–Trinajstić information content (AvgIpc) is 3.56. The van der Waals surface area contributed by atoms with Crippen molar-refractivity contribution < 1.29 is 18.8 Å². The lowest BCUT2D eigenvalue weighted by Crippen LogP contribution is -2.57. The minimum absolute atomic E-state index is 0.0564. The van der Waals surface area contributed by atoms with Gasteiger partial charge in [0.1, 0.15) is 23.6 Å². The molecule has 1 saturated heterocycles. The molecule has 1 aliphatic heterocycles. The van der Waals surface area contributed by atoms with Crippen LogP contribution in [0.4, 0.5) is 22.1 Å². The van der Waals surface area contributed by atoms with E-state index in [4.69, 9.17) is 9.26 Å². The number of aromatic nitrogens is 5. The van der Waals surface area contributed by atoms with Crippen LogP contribution in [-0.2, 0) is 10.2 Å². The molecule has 1 aliphatic rings. The third kappa shape index (κ3) is 8.74. The maximum atomic E-state index is 12.8. The van der Waals surface area contributed by atoms with E-state index in [-0.39, 0.29) is 29.5 Å². The molecule has 2 amide bonds. The molecule has 1 fully saturated rings. The van der Waals surface area contributed by atoms with Gasteiger partial charge in [-0.2, -0.15) is 4.98 Å². The Morgan fingerprint density at radius 1 is 0.960 bits per heavy atom. The van der Waals surface area contributed by atoms with E-state index >= 15 is 0 Å². The molecule has 4 aromatic rings. The van der Waals surface area contributed by atoms with Gasteiger partial charge in [0, 0.05) is 42.7 Å². The van der Waals surface area contributed by atoms with E-state index < -0.39 is 11.5 Å². The highest BCUT2D eigenvalue weighted by molar-refractivity contribution is 5.89. The highest BCUT2D eigenvalue weighted by atomic mass is 16.6. The maximum Gasteiger partial charge on any atom is 0.410 e. The fourth-order valence-corrected chi connectivity index (χ4v) is 5.82. The summed E-state index contributed by atoms with van der Waals surface area (Å²) < 4.78 is 10.8. The van der Waals surface area contributed by atoms with Crippen molar-refractivity contribution in [3.63, 3.8) is 0 Å². The van der Waals surface area contributed by atoms with Gasteiger partial charge in [-0.25, -0.2) is 19.7 Å². The molecule has 1 aromatic carbocycles. The number of piperazine rings is 1. The lowest BCUT2D eigenvalue weighted by atomic mass is 9.96. The van der Waals surface area contributed by atoms with Gasteiger partial charge in [-0.1, -0.05) is 51.9 Å². The number of aryl methyl sites for hydroxylation is 1. The molecule has 0 saturated carbocycles. The molecule has 2 atom stereocenters. The summed E-state index contributed by atoms with van der Waals surface area (Å²) in [5.74, 6) is 1.58. The number of carbonyl (C=O) groups is 2. The second kappa shape index (κ2) is 14.4. The predicted molar refractivity (Wildman–Crippen MR) is 192 cm³/mol. The van der Waals surface area contributed by atoms with Crippen LogP contribution in [0.2, 0.25) is 0 Å². The minimum Gasteiger partial charge on any atom is -0.444 e. The van der Waals surface area contributed by atoms with Crippen molar-refractivity contribution in [1.29, 1.82) is 0 Å². The summed E-state index contributed by atoms with van der Waals surface area (Å²) in [7, 11) is 0. The van der Waals surface area contributed by atoms with E-state index in [1.807, 2.05) is 98.0 Å². The number of benzene rings is 1. The van der Waals surface area contributed by atoms with Crippen LogP contribution in [0.5, 0.6) is 0 Å². The largest absolute Gasteiger partial charge is 0.444 e. The van der Waals surface area contributed by atoms with Crippen LogP contribution in [0.15, 0.2) is 53.4 Å². The Morgan fingerprint density at radius 3 is 2.34 bits per heavy atom. The molecular formula is C37H49N9O4. The van der Waals surface area contributed by atoms with Gasteiger partial charge in [-0.05, 0) is 69.9 Å². The Balaban J connectivity index is 1.22. The molecular weight excluding hydrogens is 634 g/mol. The number of rotatable bonds is 8. The SMILES string of the molecule is Cc1cc(-c2cc(Nc3ccc(N4CCN(C(=O)OC(C)(C)C)C[C@@H]4C(C)C)cn3)ncn2)ccc1[C@@H](C)NC(=O)c1nc(C(C)(C)C)no1. The van der Waals surface area contributed by atoms with Crippen molar-refractivity contribution in [3.05, 3.63) is 71.8 Å². The normalized spacial score (nSPS) is 15.9. The van der Waals surface area contributed by atoms with Gasteiger partial charge >= 0.3 is 17.9 Å². The Kier molecular flexibility index (Phi) is 10.4. The monoisotopic (exact) mass is 683 g/mol. The lowest BCUT2D eigenvalue weighted by molar-refractivity contribution is 0.0201. The van der Waals surface area contributed by atoms with Crippen molar-refractivity contribution in [2.24, 2.45) is 5.92 Å². The number of pyridine rings is 1. The third-order valence-electron chi connectivity index (χ3n) is 8.51. The van der Waals surface area contributed by atoms with Crippen molar-refractivity contribution in [1.82, 2.24) is 35.3 Å². The van der Waals surface area contributed by atoms with Gasteiger partial charge in [-0.3, -0.25) is 4.79 Å². The molecule has 2 N–H and O–H groups in total. The van der Waals surface area contributed by atoms with Crippen molar-refractivity contribution in [2.75, 3.05) is 29.9 Å². The first-order chi connectivity index (χ1) is 23.5. The summed E-state index contributed by atoms with van der Waals surface area (Å²) in [6.45, 7) is 21.6. The predicted octanol–water partition coefficient (Wildman–Crippen LogP) is 6.84. The summed E-state index contributed by atoms with van der Waals surface area (Å²) in [5.41, 5.74) is 3.75. The van der Waals surface area contributed by atoms with Gasteiger partial charge in [0.25, 0.3) is 0 Å². The molecule has 3 aromatic heterocycles. The van der Waals surface area contributed by atoms with Crippen LogP contribution < -0.4 is 15.5 Å². The second-order valence-electron chi connectivity index (χ2n) is 15.2. The van der Waals surface area contributed by atoms with E-state index in [1.165, 1.54) is 6.33 Å². The molecule has 50 heavy (non-hydrogen) atoms.